The molecule has 4 aliphatic rings. The van der Waals surface area contributed by atoms with Gasteiger partial charge in [0.2, 0.25) is 0 Å². The fourth-order valence-electron chi connectivity index (χ4n) is 8.40. The molecule has 0 spiro atoms. The summed E-state index contributed by atoms with van der Waals surface area (Å²) in [6, 6.07) is 0. The summed E-state index contributed by atoms with van der Waals surface area (Å²) in [6.45, 7) is 7.68. The van der Waals surface area contributed by atoms with E-state index >= 15 is 0 Å². The van der Waals surface area contributed by atoms with Crippen molar-refractivity contribution in [2.24, 2.45) is 34.5 Å². The Labute approximate surface area is 181 Å². The molecule has 0 amide bonds. The highest BCUT2D eigenvalue weighted by molar-refractivity contribution is 7.80. The van der Waals surface area contributed by atoms with Crippen molar-refractivity contribution in [2.75, 3.05) is 0 Å². The van der Waals surface area contributed by atoms with Crippen LogP contribution in [0.25, 0.3) is 0 Å². The Morgan fingerprint density at radius 2 is 1.71 bits per heavy atom. The molecule has 0 aromatic carbocycles. The molecule has 1 heteroatoms. The Morgan fingerprint density at radius 1 is 0.929 bits per heavy atom. The van der Waals surface area contributed by atoms with E-state index in [1.54, 1.807) is 5.57 Å². The minimum atomic E-state index is 0.515. The molecule has 0 aromatic rings. The maximum Gasteiger partial charge on any atom is 0.00545 e. The van der Waals surface area contributed by atoms with E-state index in [-0.39, 0.29) is 0 Å². The fourth-order valence-corrected chi connectivity index (χ4v) is 8.72. The van der Waals surface area contributed by atoms with Crippen LogP contribution in [0.1, 0.15) is 117 Å². The topological polar surface area (TPSA) is 0 Å². The number of rotatable bonds is 7. The molecule has 0 aliphatic heterocycles. The first-order chi connectivity index (χ1) is 13.5. The molecule has 0 saturated heterocycles. The van der Waals surface area contributed by atoms with Gasteiger partial charge in [0.25, 0.3) is 0 Å². The lowest BCUT2D eigenvalue weighted by molar-refractivity contribution is -0.0421. The van der Waals surface area contributed by atoms with Crippen molar-refractivity contribution in [1.29, 1.82) is 0 Å². The highest BCUT2D eigenvalue weighted by Crippen LogP contribution is 2.66. The average molecular weight is 403 g/mol. The number of hydrogen-bond acceptors (Lipinski definition) is 1. The Balaban J connectivity index is 1.39. The van der Waals surface area contributed by atoms with Gasteiger partial charge in [-0.1, -0.05) is 70.9 Å². The predicted octanol–water partition coefficient (Wildman–Crippen LogP) is 8.61. The second kappa shape index (κ2) is 8.68. The van der Waals surface area contributed by atoms with Crippen molar-refractivity contribution in [3.05, 3.63) is 11.6 Å². The van der Waals surface area contributed by atoms with Crippen molar-refractivity contribution in [3.8, 4) is 0 Å². The first-order valence-corrected chi connectivity index (χ1v) is 13.4. The average Bonchev–Trinajstić information content (AvgIpc) is 3.01. The van der Waals surface area contributed by atoms with Gasteiger partial charge in [-0.2, -0.15) is 12.6 Å². The van der Waals surface area contributed by atoms with Crippen LogP contribution in [0.5, 0.6) is 0 Å². The first kappa shape index (κ1) is 21.3. The molecule has 0 aromatic heterocycles. The quantitative estimate of drug-likeness (QED) is 0.246. The van der Waals surface area contributed by atoms with Crippen molar-refractivity contribution in [1.82, 2.24) is 0 Å². The molecular weight excluding hydrogens is 356 g/mol. The number of allylic oxidation sites excluding steroid dienone is 2. The normalized spacial score (nSPS) is 45.1. The fraction of sp³-hybridized carbons (Fsp3) is 0.926. The summed E-state index contributed by atoms with van der Waals surface area (Å²) in [6.07, 6.45) is 24.5. The van der Waals surface area contributed by atoms with Crippen LogP contribution in [-0.4, -0.2) is 5.25 Å². The van der Waals surface area contributed by atoms with Crippen molar-refractivity contribution in [2.45, 2.75) is 122 Å². The molecule has 4 aliphatic carbocycles. The number of unbranched alkanes of at least 4 members (excludes halogenated alkanes) is 5. The molecule has 0 unspecified atom stereocenters. The second-order valence-corrected chi connectivity index (χ2v) is 12.3. The zero-order chi connectivity index (χ0) is 19.8. The summed E-state index contributed by atoms with van der Waals surface area (Å²) in [5, 5.41) is 0.623. The summed E-state index contributed by atoms with van der Waals surface area (Å²) >= 11 is 4.84. The van der Waals surface area contributed by atoms with Crippen LogP contribution in [0.2, 0.25) is 0 Å². The van der Waals surface area contributed by atoms with Gasteiger partial charge in [0, 0.05) is 5.25 Å². The molecule has 0 bridgehead atoms. The van der Waals surface area contributed by atoms with Gasteiger partial charge in [-0.05, 0) is 92.3 Å². The van der Waals surface area contributed by atoms with Gasteiger partial charge in [-0.3, -0.25) is 0 Å². The van der Waals surface area contributed by atoms with Crippen LogP contribution < -0.4 is 0 Å². The smallest absolute Gasteiger partial charge is 0.00545 e. The zero-order valence-electron chi connectivity index (χ0n) is 19.0. The number of thiol groups is 1. The third-order valence-electron chi connectivity index (χ3n) is 10.2. The molecule has 0 nitrogen and oxygen atoms in total. The summed E-state index contributed by atoms with van der Waals surface area (Å²) in [4.78, 5) is 0. The zero-order valence-corrected chi connectivity index (χ0v) is 19.9. The van der Waals surface area contributed by atoms with Gasteiger partial charge in [-0.15, -0.1) is 0 Å². The van der Waals surface area contributed by atoms with Gasteiger partial charge in [0.15, 0.2) is 0 Å². The SMILES string of the molecule is CCCCCCCC[C@H]1CC[C@H]2[C@@H]3CC=C4C[C@@H](S)CC[C@]4(C)[C@H]3CC[C@]12C. The van der Waals surface area contributed by atoms with Crippen LogP contribution in [0.15, 0.2) is 11.6 Å². The van der Waals surface area contributed by atoms with Crippen molar-refractivity contribution >= 4 is 12.6 Å². The lowest BCUT2D eigenvalue weighted by Gasteiger charge is -2.58. The molecule has 3 fully saturated rings. The van der Waals surface area contributed by atoms with E-state index < -0.39 is 0 Å². The monoisotopic (exact) mass is 402 g/mol. The van der Waals surface area contributed by atoms with E-state index in [1.807, 2.05) is 0 Å². The van der Waals surface area contributed by atoms with E-state index in [9.17, 15) is 0 Å². The number of fused-ring (bicyclic) bond motifs is 5. The van der Waals surface area contributed by atoms with E-state index in [4.69, 9.17) is 12.6 Å². The van der Waals surface area contributed by atoms with Gasteiger partial charge in [0.1, 0.15) is 0 Å². The van der Waals surface area contributed by atoms with Crippen molar-refractivity contribution < 1.29 is 0 Å². The highest BCUT2D eigenvalue weighted by Gasteiger charge is 2.58. The van der Waals surface area contributed by atoms with Crippen LogP contribution in [0.3, 0.4) is 0 Å². The molecule has 7 atom stereocenters. The van der Waals surface area contributed by atoms with Gasteiger partial charge < -0.3 is 0 Å². The van der Waals surface area contributed by atoms with Crippen LogP contribution >= 0.6 is 12.6 Å². The van der Waals surface area contributed by atoms with E-state index in [0.29, 0.717) is 16.1 Å². The van der Waals surface area contributed by atoms with Crippen LogP contribution in [-0.2, 0) is 0 Å². The van der Waals surface area contributed by atoms with Crippen molar-refractivity contribution in [3.63, 3.8) is 0 Å². The van der Waals surface area contributed by atoms with Gasteiger partial charge in [-0.25, -0.2) is 0 Å². The molecule has 0 N–H and O–H groups in total. The Hall–Kier alpha value is 0.0900. The Kier molecular flexibility index (Phi) is 6.61. The Bertz CT molecular complexity index is 565. The molecule has 160 valence electrons. The maximum atomic E-state index is 4.84. The lowest BCUT2D eigenvalue weighted by atomic mass is 9.47. The highest BCUT2D eigenvalue weighted by atomic mass is 32.1. The van der Waals surface area contributed by atoms with Crippen LogP contribution in [0, 0.1) is 34.5 Å². The molecule has 28 heavy (non-hydrogen) atoms. The van der Waals surface area contributed by atoms with E-state index in [0.717, 1.165) is 23.7 Å². The summed E-state index contributed by atoms with van der Waals surface area (Å²) in [5.74, 6) is 3.99. The first-order valence-electron chi connectivity index (χ1n) is 12.9. The molecule has 0 heterocycles. The third-order valence-corrected chi connectivity index (χ3v) is 10.6. The molecular formula is C27H46S. The predicted molar refractivity (Wildman–Crippen MR) is 126 cm³/mol. The lowest BCUT2D eigenvalue weighted by Crippen LogP contribution is -2.50. The van der Waals surface area contributed by atoms with E-state index in [2.05, 4.69) is 26.8 Å². The maximum absolute atomic E-state index is 4.84. The number of hydrogen-bond donors (Lipinski definition) is 1. The summed E-state index contributed by atoms with van der Waals surface area (Å²) in [7, 11) is 0. The Morgan fingerprint density at radius 3 is 2.54 bits per heavy atom. The molecule has 4 rings (SSSR count). The molecule has 0 radical (unpaired) electrons. The molecule has 3 saturated carbocycles. The second-order valence-electron chi connectivity index (χ2n) is 11.5. The van der Waals surface area contributed by atoms with Gasteiger partial charge in [0.05, 0.1) is 0 Å². The summed E-state index contributed by atoms with van der Waals surface area (Å²) < 4.78 is 0. The van der Waals surface area contributed by atoms with Crippen LogP contribution in [0.4, 0.5) is 0 Å². The largest absolute Gasteiger partial charge is 0.176 e. The minimum Gasteiger partial charge on any atom is -0.176 e. The third kappa shape index (κ3) is 3.76. The van der Waals surface area contributed by atoms with Gasteiger partial charge >= 0.3 is 0 Å². The van der Waals surface area contributed by atoms with E-state index in [1.165, 1.54) is 96.3 Å². The standard InChI is InChI=1S/C27H46S/c1-4-5-6-7-8-9-10-20-12-14-24-23-13-11-21-19-22(28)15-17-27(21,3)25(23)16-18-26(20,24)2/h11,20,22-25,28H,4-10,12-19H2,1-3H3/t20-,22-,23-,24-,25-,26+,27-/m0/s1. The summed E-state index contributed by atoms with van der Waals surface area (Å²) in [5.41, 5.74) is 2.97. The minimum absolute atomic E-state index is 0.515.